The fraction of sp³-hybridized carbons (Fsp3) is 0.600. The third kappa shape index (κ3) is 5.01. The predicted molar refractivity (Wildman–Crippen MR) is 82.3 cm³/mol. The first-order chi connectivity index (χ1) is 8.65. The summed E-state index contributed by atoms with van der Waals surface area (Å²) in [7, 11) is 0. The van der Waals surface area contributed by atoms with Crippen LogP contribution in [0.15, 0.2) is 18.2 Å². The number of ether oxygens (including phenoxy) is 1. The standard InChI is InChI=1S/C15H24N2O.ClH/c1-12-5-6-13(2)15(10-12)18-9-8-17-7-3-4-14(16)11-17;/h5-6,10,14H,3-4,7-9,11,16H2,1-2H3;1H/t14-;/m1./s1. The number of nitrogens with zero attached hydrogens (tertiary/aromatic N) is 1. The Balaban J connectivity index is 0.00000180. The molecule has 2 N–H and O–H groups in total. The first kappa shape index (κ1) is 16.3. The number of hydrogen-bond acceptors (Lipinski definition) is 3. The molecule has 1 saturated heterocycles. The topological polar surface area (TPSA) is 38.5 Å². The summed E-state index contributed by atoms with van der Waals surface area (Å²) in [6.45, 7) is 8.07. The average molecular weight is 285 g/mol. The number of nitrogens with two attached hydrogens (primary N) is 1. The molecule has 0 aliphatic carbocycles. The van der Waals surface area contributed by atoms with Crippen LogP contribution in [0.3, 0.4) is 0 Å². The minimum absolute atomic E-state index is 0. The van der Waals surface area contributed by atoms with Crippen molar-refractivity contribution in [2.75, 3.05) is 26.2 Å². The van der Waals surface area contributed by atoms with Gasteiger partial charge in [-0.3, -0.25) is 4.90 Å². The van der Waals surface area contributed by atoms with Gasteiger partial charge < -0.3 is 10.5 Å². The van der Waals surface area contributed by atoms with Crippen LogP contribution in [-0.4, -0.2) is 37.2 Å². The van der Waals surface area contributed by atoms with Crippen molar-refractivity contribution >= 4 is 12.4 Å². The number of halogens is 1. The molecule has 2 rings (SSSR count). The minimum Gasteiger partial charge on any atom is -0.492 e. The SMILES string of the molecule is Cc1ccc(C)c(OCCN2CCC[C@@H](N)C2)c1.Cl. The first-order valence-corrected chi connectivity index (χ1v) is 6.83. The molecule has 0 bridgehead atoms. The summed E-state index contributed by atoms with van der Waals surface area (Å²) in [6, 6.07) is 6.68. The zero-order valence-corrected chi connectivity index (χ0v) is 12.7. The van der Waals surface area contributed by atoms with E-state index in [0.717, 1.165) is 38.4 Å². The molecule has 1 heterocycles. The van der Waals surface area contributed by atoms with Crippen molar-refractivity contribution in [3.8, 4) is 5.75 Å². The molecule has 1 aromatic carbocycles. The van der Waals surface area contributed by atoms with Gasteiger partial charge in [-0.15, -0.1) is 12.4 Å². The van der Waals surface area contributed by atoms with Gasteiger partial charge in [0, 0.05) is 19.1 Å². The summed E-state index contributed by atoms with van der Waals surface area (Å²) in [5, 5.41) is 0. The molecule has 1 aliphatic rings. The van der Waals surface area contributed by atoms with E-state index < -0.39 is 0 Å². The summed E-state index contributed by atoms with van der Waals surface area (Å²) in [5.41, 5.74) is 8.42. The van der Waals surface area contributed by atoms with Gasteiger partial charge in [-0.1, -0.05) is 12.1 Å². The highest BCUT2D eigenvalue weighted by Crippen LogP contribution is 2.19. The van der Waals surface area contributed by atoms with Crippen molar-refractivity contribution in [1.82, 2.24) is 4.90 Å². The van der Waals surface area contributed by atoms with Crippen LogP contribution in [0, 0.1) is 13.8 Å². The van der Waals surface area contributed by atoms with Gasteiger partial charge in [-0.05, 0) is 50.4 Å². The van der Waals surface area contributed by atoms with Crippen LogP contribution >= 0.6 is 12.4 Å². The molecular formula is C15H25ClN2O. The molecule has 108 valence electrons. The maximum atomic E-state index is 5.97. The quantitative estimate of drug-likeness (QED) is 0.923. The molecule has 0 saturated carbocycles. The van der Waals surface area contributed by atoms with E-state index in [4.69, 9.17) is 10.5 Å². The van der Waals surface area contributed by atoms with E-state index in [2.05, 4.69) is 36.9 Å². The monoisotopic (exact) mass is 284 g/mol. The normalized spacial score (nSPS) is 19.8. The Morgan fingerprint density at radius 3 is 2.89 bits per heavy atom. The Hall–Kier alpha value is -0.770. The van der Waals surface area contributed by atoms with Gasteiger partial charge >= 0.3 is 0 Å². The average Bonchev–Trinajstić information content (AvgIpc) is 2.34. The highest BCUT2D eigenvalue weighted by molar-refractivity contribution is 5.85. The summed E-state index contributed by atoms with van der Waals surface area (Å²) in [6.07, 6.45) is 2.37. The van der Waals surface area contributed by atoms with E-state index in [1.807, 2.05) is 0 Å². The lowest BCUT2D eigenvalue weighted by molar-refractivity contribution is 0.171. The summed E-state index contributed by atoms with van der Waals surface area (Å²) in [5.74, 6) is 1.01. The molecule has 1 atom stereocenters. The Labute approximate surface area is 122 Å². The number of benzene rings is 1. The van der Waals surface area contributed by atoms with Crippen LogP contribution in [-0.2, 0) is 0 Å². The van der Waals surface area contributed by atoms with Crippen LogP contribution in [0.5, 0.6) is 5.75 Å². The highest BCUT2D eigenvalue weighted by Gasteiger charge is 2.16. The second kappa shape index (κ2) is 7.73. The van der Waals surface area contributed by atoms with Gasteiger partial charge in [0.1, 0.15) is 12.4 Å². The van der Waals surface area contributed by atoms with Gasteiger partial charge in [-0.25, -0.2) is 0 Å². The smallest absolute Gasteiger partial charge is 0.122 e. The van der Waals surface area contributed by atoms with Crippen molar-refractivity contribution in [2.24, 2.45) is 5.73 Å². The molecule has 3 nitrogen and oxygen atoms in total. The Morgan fingerprint density at radius 1 is 1.37 bits per heavy atom. The van der Waals surface area contributed by atoms with Crippen molar-refractivity contribution < 1.29 is 4.74 Å². The molecule has 0 aromatic heterocycles. The van der Waals surface area contributed by atoms with Gasteiger partial charge in [0.15, 0.2) is 0 Å². The third-order valence-corrected chi connectivity index (χ3v) is 3.55. The molecular weight excluding hydrogens is 260 g/mol. The maximum absolute atomic E-state index is 5.97. The molecule has 0 radical (unpaired) electrons. The largest absolute Gasteiger partial charge is 0.492 e. The van der Waals surface area contributed by atoms with E-state index in [-0.39, 0.29) is 12.4 Å². The van der Waals surface area contributed by atoms with Crippen LogP contribution in [0.1, 0.15) is 24.0 Å². The Kier molecular flexibility index (Phi) is 6.63. The Morgan fingerprint density at radius 2 is 2.16 bits per heavy atom. The molecule has 1 aromatic rings. The van der Waals surface area contributed by atoms with Crippen molar-refractivity contribution in [3.05, 3.63) is 29.3 Å². The number of piperidine rings is 1. The van der Waals surface area contributed by atoms with Crippen molar-refractivity contribution in [3.63, 3.8) is 0 Å². The Bertz CT molecular complexity index is 398. The van der Waals surface area contributed by atoms with Crippen molar-refractivity contribution in [1.29, 1.82) is 0 Å². The second-order valence-electron chi connectivity index (χ2n) is 5.32. The zero-order chi connectivity index (χ0) is 13.0. The molecule has 19 heavy (non-hydrogen) atoms. The molecule has 1 fully saturated rings. The van der Waals surface area contributed by atoms with Gasteiger partial charge in [-0.2, -0.15) is 0 Å². The van der Waals surface area contributed by atoms with E-state index in [0.29, 0.717) is 6.04 Å². The van der Waals surface area contributed by atoms with Gasteiger partial charge in [0.25, 0.3) is 0 Å². The van der Waals surface area contributed by atoms with Gasteiger partial charge in [0.05, 0.1) is 0 Å². The fourth-order valence-electron chi connectivity index (χ4n) is 2.44. The van der Waals surface area contributed by atoms with E-state index in [1.165, 1.54) is 17.5 Å². The number of rotatable bonds is 4. The molecule has 0 spiro atoms. The molecule has 0 unspecified atom stereocenters. The lowest BCUT2D eigenvalue weighted by Gasteiger charge is -2.30. The van der Waals surface area contributed by atoms with Gasteiger partial charge in [0.2, 0.25) is 0 Å². The lowest BCUT2D eigenvalue weighted by Crippen LogP contribution is -2.44. The van der Waals surface area contributed by atoms with Crippen LogP contribution in [0.25, 0.3) is 0 Å². The van der Waals surface area contributed by atoms with Crippen LogP contribution in [0.2, 0.25) is 0 Å². The summed E-state index contributed by atoms with van der Waals surface area (Å²) in [4.78, 5) is 2.40. The second-order valence-corrected chi connectivity index (χ2v) is 5.32. The molecule has 0 amide bonds. The predicted octanol–water partition coefficient (Wildman–Crippen LogP) is 2.53. The fourth-order valence-corrected chi connectivity index (χ4v) is 2.44. The maximum Gasteiger partial charge on any atom is 0.122 e. The van der Waals surface area contributed by atoms with Crippen LogP contribution < -0.4 is 10.5 Å². The third-order valence-electron chi connectivity index (χ3n) is 3.55. The number of hydrogen-bond donors (Lipinski definition) is 1. The van der Waals surface area contributed by atoms with E-state index in [9.17, 15) is 0 Å². The number of likely N-dealkylation sites (tertiary alicyclic amines) is 1. The highest BCUT2D eigenvalue weighted by atomic mass is 35.5. The van der Waals surface area contributed by atoms with Crippen LogP contribution in [0.4, 0.5) is 0 Å². The van der Waals surface area contributed by atoms with E-state index in [1.54, 1.807) is 0 Å². The number of aryl methyl sites for hydroxylation is 2. The summed E-state index contributed by atoms with van der Waals surface area (Å²) >= 11 is 0. The first-order valence-electron chi connectivity index (χ1n) is 6.83. The van der Waals surface area contributed by atoms with Crippen molar-refractivity contribution in [2.45, 2.75) is 32.7 Å². The molecule has 1 aliphatic heterocycles. The zero-order valence-electron chi connectivity index (χ0n) is 11.9. The molecule has 4 heteroatoms. The van der Waals surface area contributed by atoms with E-state index >= 15 is 0 Å². The minimum atomic E-state index is 0. The lowest BCUT2D eigenvalue weighted by atomic mass is 10.1. The summed E-state index contributed by atoms with van der Waals surface area (Å²) < 4.78 is 5.87.